The van der Waals surface area contributed by atoms with Crippen molar-refractivity contribution in [3.8, 4) is 5.75 Å². The Morgan fingerprint density at radius 3 is 2.33 bits per heavy atom. The first kappa shape index (κ1) is 16.4. The third-order valence-electron chi connectivity index (χ3n) is 3.23. The molecule has 1 heterocycles. The van der Waals surface area contributed by atoms with E-state index in [9.17, 15) is 0 Å². The van der Waals surface area contributed by atoms with Gasteiger partial charge in [-0.2, -0.15) is 0 Å². The van der Waals surface area contributed by atoms with E-state index in [4.69, 9.17) is 27.9 Å². The number of nitrogens with one attached hydrogen (secondary N) is 2. The molecule has 24 heavy (non-hydrogen) atoms. The van der Waals surface area contributed by atoms with E-state index in [-0.39, 0.29) is 0 Å². The second-order valence-electron chi connectivity index (χ2n) is 4.86. The summed E-state index contributed by atoms with van der Waals surface area (Å²) < 4.78 is 5.32. The highest BCUT2D eigenvalue weighted by atomic mass is 35.5. The molecular weight excluding hydrogens is 347 g/mol. The van der Waals surface area contributed by atoms with Gasteiger partial charge in [0.2, 0.25) is 0 Å². The zero-order valence-electron chi connectivity index (χ0n) is 12.8. The summed E-state index contributed by atoms with van der Waals surface area (Å²) in [5.41, 5.74) is 1.48. The highest BCUT2D eigenvalue weighted by molar-refractivity contribution is 6.35. The van der Waals surface area contributed by atoms with E-state index >= 15 is 0 Å². The summed E-state index contributed by atoms with van der Waals surface area (Å²) in [5, 5.41) is 7.47. The van der Waals surface area contributed by atoms with Crippen molar-refractivity contribution in [3.05, 3.63) is 64.9 Å². The minimum absolute atomic E-state index is 0.553. The Labute approximate surface area is 149 Å². The molecule has 0 bridgehead atoms. The van der Waals surface area contributed by atoms with Gasteiger partial charge in [-0.25, -0.2) is 9.97 Å². The first-order valence-electron chi connectivity index (χ1n) is 7.10. The van der Waals surface area contributed by atoms with Gasteiger partial charge >= 0.3 is 0 Å². The maximum atomic E-state index is 6.16. The Kier molecular flexibility index (Phi) is 5.03. The molecule has 2 aromatic carbocycles. The molecule has 0 aliphatic carbocycles. The van der Waals surface area contributed by atoms with E-state index in [0.29, 0.717) is 27.4 Å². The Bertz CT molecular complexity index is 857. The van der Waals surface area contributed by atoms with Gasteiger partial charge in [-0.15, -0.1) is 0 Å². The third-order valence-corrected chi connectivity index (χ3v) is 3.79. The van der Waals surface area contributed by atoms with Crippen LogP contribution in [0.5, 0.6) is 5.75 Å². The van der Waals surface area contributed by atoms with E-state index in [1.54, 1.807) is 31.4 Å². The van der Waals surface area contributed by atoms with E-state index in [0.717, 1.165) is 11.4 Å². The molecule has 1 aromatic heterocycles. The molecule has 3 aromatic rings. The Morgan fingerprint density at radius 1 is 0.875 bits per heavy atom. The number of hydrogen-bond donors (Lipinski definition) is 2. The maximum absolute atomic E-state index is 6.16. The monoisotopic (exact) mass is 360 g/mol. The van der Waals surface area contributed by atoms with E-state index < -0.39 is 0 Å². The van der Waals surface area contributed by atoms with Gasteiger partial charge in [0, 0.05) is 11.1 Å². The molecule has 7 heteroatoms. The number of anilines is 4. The normalized spacial score (nSPS) is 10.3. The number of halogens is 2. The summed E-state index contributed by atoms with van der Waals surface area (Å²) in [4.78, 5) is 8.41. The lowest BCUT2D eigenvalue weighted by Crippen LogP contribution is -2.00. The molecule has 0 aliphatic heterocycles. The number of aromatic nitrogens is 2. The molecule has 0 radical (unpaired) electrons. The van der Waals surface area contributed by atoms with Crippen LogP contribution in [0.4, 0.5) is 23.0 Å². The van der Waals surface area contributed by atoms with Crippen LogP contribution in [0.25, 0.3) is 0 Å². The zero-order valence-corrected chi connectivity index (χ0v) is 14.3. The van der Waals surface area contributed by atoms with Crippen molar-refractivity contribution in [2.24, 2.45) is 0 Å². The number of methoxy groups -OCH3 is 1. The smallest absolute Gasteiger partial charge is 0.142 e. The number of para-hydroxylation sites is 2. The van der Waals surface area contributed by atoms with Gasteiger partial charge in [-0.05, 0) is 30.3 Å². The number of rotatable bonds is 5. The molecule has 5 nitrogen and oxygen atoms in total. The first-order chi connectivity index (χ1) is 11.7. The molecule has 0 spiro atoms. The SMILES string of the molecule is COc1ccccc1Nc1cc(Nc2cc(Cl)ccc2Cl)ncn1. The van der Waals surface area contributed by atoms with E-state index in [1.807, 2.05) is 24.3 Å². The van der Waals surface area contributed by atoms with E-state index in [1.165, 1.54) is 6.33 Å². The lowest BCUT2D eigenvalue weighted by molar-refractivity contribution is 0.417. The molecule has 0 fully saturated rings. The lowest BCUT2D eigenvalue weighted by Gasteiger charge is -2.12. The highest BCUT2D eigenvalue weighted by Crippen LogP contribution is 2.29. The van der Waals surface area contributed by atoms with Gasteiger partial charge in [-0.3, -0.25) is 0 Å². The minimum atomic E-state index is 0.553. The highest BCUT2D eigenvalue weighted by Gasteiger charge is 2.06. The van der Waals surface area contributed by atoms with Gasteiger partial charge in [0.05, 0.1) is 23.5 Å². The van der Waals surface area contributed by atoms with Gasteiger partial charge in [-0.1, -0.05) is 35.3 Å². The molecule has 0 saturated carbocycles. The third kappa shape index (κ3) is 3.88. The van der Waals surface area contributed by atoms with Crippen LogP contribution >= 0.6 is 23.2 Å². The average molecular weight is 361 g/mol. The predicted molar refractivity (Wildman–Crippen MR) is 98.1 cm³/mol. The number of ether oxygens (including phenoxy) is 1. The molecule has 0 saturated heterocycles. The summed E-state index contributed by atoms with van der Waals surface area (Å²) in [5.74, 6) is 1.94. The van der Waals surface area contributed by atoms with Crippen LogP contribution in [0.15, 0.2) is 54.9 Å². The lowest BCUT2D eigenvalue weighted by atomic mass is 10.3. The molecule has 122 valence electrons. The van der Waals surface area contributed by atoms with Gasteiger partial charge in [0.25, 0.3) is 0 Å². The topological polar surface area (TPSA) is 59.1 Å². The van der Waals surface area contributed by atoms with Crippen molar-refractivity contribution in [2.45, 2.75) is 0 Å². The van der Waals surface area contributed by atoms with Crippen molar-refractivity contribution >= 4 is 46.2 Å². The van der Waals surface area contributed by atoms with E-state index in [2.05, 4.69) is 20.6 Å². The van der Waals surface area contributed by atoms with Crippen LogP contribution in [-0.2, 0) is 0 Å². The number of hydrogen-bond acceptors (Lipinski definition) is 5. The van der Waals surface area contributed by atoms with Crippen LogP contribution in [0, 0.1) is 0 Å². The van der Waals surface area contributed by atoms with Crippen molar-refractivity contribution in [3.63, 3.8) is 0 Å². The summed E-state index contributed by atoms with van der Waals surface area (Å²) in [6.45, 7) is 0. The average Bonchev–Trinajstić information content (AvgIpc) is 2.59. The zero-order chi connectivity index (χ0) is 16.9. The van der Waals surface area contributed by atoms with Crippen molar-refractivity contribution in [1.29, 1.82) is 0 Å². The summed E-state index contributed by atoms with van der Waals surface area (Å²) >= 11 is 12.2. The largest absolute Gasteiger partial charge is 0.495 e. The minimum Gasteiger partial charge on any atom is -0.495 e. The van der Waals surface area contributed by atoms with Crippen LogP contribution in [0.3, 0.4) is 0 Å². The predicted octanol–water partition coefficient (Wildman–Crippen LogP) is 5.28. The van der Waals surface area contributed by atoms with Crippen molar-refractivity contribution < 1.29 is 4.74 Å². The Balaban J connectivity index is 1.83. The van der Waals surface area contributed by atoms with Crippen LogP contribution < -0.4 is 15.4 Å². The summed E-state index contributed by atoms with van der Waals surface area (Å²) in [7, 11) is 1.62. The van der Waals surface area contributed by atoms with Crippen molar-refractivity contribution in [1.82, 2.24) is 9.97 Å². The maximum Gasteiger partial charge on any atom is 0.142 e. The van der Waals surface area contributed by atoms with Crippen LogP contribution in [0.1, 0.15) is 0 Å². The fourth-order valence-electron chi connectivity index (χ4n) is 2.11. The van der Waals surface area contributed by atoms with Gasteiger partial charge in [0.15, 0.2) is 0 Å². The molecule has 0 amide bonds. The second kappa shape index (κ2) is 7.38. The quantitative estimate of drug-likeness (QED) is 0.648. The molecular formula is C17H14Cl2N4O. The van der Waals surface area contributed by atoms with Gasteiger partial charge < -0.3 is 15.4 Å². The molecule has 0 aliphatic rings. The molecule has 2 N–H and O–H groups in total. The standard InChI is InChI=1S/C17H14Cl2N4O/c1-24-15-5-3-2-4-13(15)22-16-9-17(21-10-20-16)23-14-8-11(18)6-7-12(14)19/h2-10H,1H3,(H2,20,21,22,23). The number of benzene rings is 2. The fourth-order valence-corrected chi connectivity index (χ4v) is 2.45. The summed E-state index contributed by atoms with van der Waals surface area (Å²) in [6.07, 6.45) is 1.46. The Morgan fingerprint density at radius 2 is 1.58 bits per heavy atom. The Hall–Kier alpha value is -2.50. The van der Waals surface area contributed by atoms with Gasteiger partial charge in [0.1, 0.15) is 23.7 Å². The molecule has 0 atom stereocenters. The fraction of sp³-hybridized carbons (Fsp3) is 0.0588. The van der Waals surface area contributed by atoms with Crippen molar-refractivity contribution in [2.75, 3.05) is 17.7 Å². The summed E-state index contributed by atoms with van der Waals surface area (Å²) in [6, 6.07) is 14.5. The molecule has 0 unspecified atom stereocenters. The second-order valence-corrected chi connectivity index (χ2v) is 5.71. The van der Waals surface area contributed by atoms with Crippen LogP contribution in [0.2, 0.25) is 10.0 Å². The first-order valence-corrected chi connectivity index (χ1v) is 7.85. The number of nitrogens with zero attached hydrogens (tertiary/aromatic N) is 2. The molecule has 3 rings (SSSR count). The van der Waals surface area contributed by atoms with Crippen LogP contribution in [-0.4, -0.2) is 17.1 Å².